The van der Waals surface area contributed by atoms with Gasteiger partial charge in [0.25, 0.3) is 0 Å². The number of aromatic nitrogens is 3. The molecule has 0 aliphatic heterocycles. The summed E-state index contributed by atoms with van der Waals surface area (Å²) in [6.45, 7) is 4.26. The van der Waals surface area contributed by atoms with Crippen molar-refractivity contribution in [1.29, 1.82) is 0 Å². The normalized spacial score (nSPS) is 22.6. The highest BCUT2D eigenvalue weighted by molar-refractivity contribution is 6.16. The summed E-state index contributed by atoms with van der Waals surface area (Å²) in [6.07, 6.45) is 3.78. The summed E-state index contributed by atoms with van der Waals surface area (Å²) in [5, 5.41) is 0. The van der Waals surface area contributed by atoms with Gasteiger partial charge < -0.3 is 4.57 Å². The van der Waals surface area contributed by atoms with E-state index in [2.05, 4.69) is 21.5 Å². The van der Waals surface area contributed by atoms with Crippen LogP contribution in [0.1, 0.15) is 43.7 Å². The van der Waals surface area contributed by atoms with Gasteiger partial charge in [0.15, 0.2) is 5.65 Å². The predicted octanol–water partition coefficient (Wildman–Crippen LogP) is 3.84. The molecule has 3 nitrogen and oxygen atoms in total. The summed E-state index contributed by atoms with van der Waals surface area (Å²) in [6, 6.07) is 4.62. The first-order valence-corrected chi connectivity index (χ1v) is 7.18. The van der Waals surface area contributed by atoms with Crippen molar-refractivity contribution in [2.75, 3.05) is 0 Å². The van der Waals surface area contributed by atoms with E-state index in [-0.39, 0.29) is 0 Å². The molecule has 0 spiro atoms. The molecule has 18 heavy (non-hydrogen) atoms. The van der Waals surface area contributed by atoms with E-state index in [1.54, 1.807) is 0 Å². The summed E-state index contributed by atoms with van der Waals surface area (Å²) in [7, 11) is 0. The largest absolute Gasteiger partial charge is 0.308 e. The third-order valence-electron chi connectivity index (χ3n) is 3.75. The number of hydrogen-bond donors (Lipinski definition) is 0. The lowest BCUT2D eigenvalue weighted by molar-refractivity contribution is 0.603. The minimum absolute atomic E-state index is 0.463. The number of pyridine rings is 1. The van der Waals surface area contributed by atoms with Crippen molar-refractivity contribution in [3.05, 3.63) is 23.7 Å². The average Bonchev–Trinajstić information content (AvgIpc) is 3.01. The lowest BCUT2D eigenvalue weighted by atomic mass is 10.2. The van der Waals surface area contributed by atoms with E-state index in [1.807, 2.05) is 19.1 Å². The molecule has 96 valence electrons. The second-order valence-electron chi connectivity index (χ2n) is 5.18. The molecule has 3 rings (SSSR count). The zero-order chi connectivity index (χ0) is 12.7. The zero-order valence-corrected chi connectivity index (χ0v) is 11.6. The molecule has 1 fully saturated rings. The molecule has 1 saturated carbocycles. The standard InChI is InChI=1S/C14H18ClN3/c1-3-4-10-7-12(10)18-13(8-15)17-11-6-5-9(2)16-14(11)18/h5-6,10,12H,3-4,7-8H2,1-2H3. The zero-order valence-electron chi connectivity index (χ0n) is 10.9. The van der Waals surface area contributed by atoms with Gasteiger partial charge in [-0.15, -0.1) is 11.6 Å². The molecular formula is C14H18ClN3. The Labute approximate surface area is 112 Å². The minimum Gasteiger partial charge on any atom is -0.308 e. The maximum atomic E-state index is 6.03. The van der Waals surface area contributed by atoms with E-state index in [0.717, 1.165) is 28.6 Å². The summed E-state index contributed by atoms with van der Waals surface area (Å²) in [5.74, 6) is 2.22. The van der Waals surface area contributed by atoms with Crippen LogP contribution in [0, 0.1) is 12.8 Å². The van der Waals surface area contributed by atoms with Crippen LogP contribution in [0.2, 0.25) is 0 Å². The Hall–Kier alpha value is -1.09. The summed E-state index contributed by atoms with van der Waals surface area (Å²) >= 11 is 6.03. The summed E-state index contributed by atoms with van der Waals surface area (Å²) in [4.78, 5) is 9.24. The number of nitrogens with zero attached hydrogens (tertiary/aromatic N) is 3. The lowest BCUT2D eigenvalue weighted by Gasteiger charge is -2.06. The number of alkyl halides is 1. The molecule has 2 heterocycles. The van der Waals surface area contributed by atoms with Crippen LogP contribution >= 0.6 is 11.6 Å². The highest BCUT2D eigenvalue weighted by atomic mass is 35.5. The molecule has 0 bridgehead atoms. The molecule has 2 aromatic rings. The highest BCUT2D eigenvalue weighted by Gasteiger charge is 2.40. The van der Waals surface area contributed by atoms with Gasteiger partial charge in [0.1, 0.15) is 11.3 Å². The SMILES string of the molecule is CCCC1CC1n1c(CCl)nc2ccc(C)nc21. The molecule has 1 aliphatic rings. The first kappa shape index (κ1) is 12.0. The first-order chi connectivity index (χ1) is 8.74. The van der Waals surface area contributed by atoms with Crippen molar-refractivity contribution < 1.29 is 0 Å². The molecule has 2 aromatic heterocycles. The van der Waals surface area contributed by atoms with Gasteiger partial charge in [-0.1, -0.05) is 13.3 Å². The van der Waals surface area contributed by atoms with Gasteiger partial charge in [0.05, 0.1) is 5.88 Å². The maximum Gasteiger partial charge on any atom is 0.160 e. The van der Waals surface area contributed by atoms with Crippen LogP contribution in [-0.4, -0.2) is 14.5 Å². The van der Waals surface area contributed by atoms with E-state index in [0.29, 0.717) is 11.9 Å². The smallest absolute Gasteiger partial charge is 0.160 e. The fraction of sp³-hybridized carbons (Fsp3) is 0.571. The maximum absolute atomic E-state index is 6.03. The van der Waals surface area contributed by atoms with Crippen LogP contribution in [-0.2, 0) is 5.88 Å². The van der Waals surface area contributed by atoms with E-state index < -0.39 is 0 Å². The van der Waals surface area contributed by atoms with Gasteiger partial charge in [-0.05, 0) is 37.8 Å². The molecule has 0 amide bonds. The molecule has 0 radical (unpaired) electrons. The Kier molecular flexibility index (Phi) is 3.02. The second-order valence-corrected chi connectivity index (χ2v) is 5.45. The Morgan fingerprint density at radius 2 is 2.22 bits per heavy atom. The first-order valence-electron chi connectivity index (χ1n) is 6.65. The second kappa shape index (κ2) is 4.54. The van der Waals surface area contributed by atoms with Crippen LogP contribution in [0.15, 0.2) is 12.1 Å². The Morgan fingerprint density at radius 3 is 2.94 bits per heavy atom. The quantitative estimate of drug-likeness (QED) is 0.785. The van der Waals surface area contributed by atoms with Crippen molar-refractivity contribution in [3.63, 3.8) is 0 Å². The van der Waals surface area contributed by atoms with Gasteiger partial charge in [0.2, 0.25) is 0 Å². The van der Waals surface area contributed by atoms with E-state index >= 15 is 0 Å². The number of aryl methyl sites for hydroxylation is 1. The van der Waals surface area contributed by atoms with Crippen molar-refractivity contribution in [1.82, 2.24) is 14.5 Å². The van der Waals surface area contributed by atoms with E-state index in [1.165, 1.54) is 19.3 Å². The van der Waals surface area contributed by atoms with Crippen LogP contribution in [0.3, 0.4) is 0 Å². The average molecular weight is 264 g/mol. The van der Waals surface area contributed by atoms with Crippen LogP contribution in [0.25, 0.3) is 11.2 Å². The van der Waals surface area contributed by atoms with Crippen LogP contribution in [0.4, 0.5) is 0 Å². The molecule has 0 N–H and O–H groups in total. The number of fused-ring (bicyclic) bond motifs is 1. The number of halogens is 1. The molecule has 0 aromatic carbocycles. The van der Waals surface area contributed by atoms with Crippen molar-refractivity contribution >= 4 is 22.8 Å². The number of hydrogen-bond acceptors (Lipinski definition) is 2. The van der Waals surface area contributed by atoms with Gasteiger partial charge in [0, 0.05) is 11.7 Å². The molecule has 2 atom stereocenters. The number of rotatable bonds is 4. The number of imidazole rings is 1. The molecule has 4 heteroatoms. The third kappa shape index (κ3) is 1.91. The van der Waals surface area contributed by atoms with Crippen molar-refractivity contribution in [2.24, 2.45) is 5.92 Å². The van der Waals surface area contributed by atoms with Gasteiger partial charge >= 0.3 is 0 Å². The predicted molar refractivity (Wildman–Crippen MR) is 73.9 cm³/mol. The summed E-state index contributed by atoms with van der Waals surface area (Å²) in [5.41, 5.74) is 3.02. The van der Waals surface area contributed by atoms with Gasteiger partial charge in [-0.25, -0.2) is 9.97 Å². The monoisotopic (exact) mass is 263 g/mol. The van der Waals surface area contributed by atoms with Gasteiger partial charge in [-0.3, -0.25) is 0 Å². The Balaban J connectivity index is 2.06. The fourth-order valence-corrected chi connectivity index (χ4v) is 2.98. The van der Waals surface area contributed by atoms with Crippen molar-refractivity contribution in [2.45, 2.75) is 45.0 Å². The van der Waals surface area contributed by atoms with Crippen molar-refractivity contribution in [3.8, 4) is 0 Å². The van der Waals surface area contributed by atoms with E-state index in [9.17, 15) is 0 Å². The Bertz CT molecular complexity index is 576. The van der Waals surface area contributed by atoms with Crippen LogP contribution in [0.5, 0.6) is 0 Å². The minimum atomic E-state index is 0.463. The Morgan fingerprint density at radius 1 is 1.39 bits per heavy atom. The van der Waals surface area contributed by atoms with Crippen LogP contribution < -0.4 is 0 Å². The lowest BCUT2D eigenvalue weighted by Crippen LogP contribution is -2.02. The molecular weight excluding hydrogens is 246 g/mol. The molecule has 2 unspecified atom stereocenters. The third-order valence-corrected chi connectivity index (χ3v) is 3.98. The van der Waals surface area contributed by atoms with Gasteiger partial charge in [-0.2, -0.15) is 0 Å². The van der Waals surface area contributed by atoms with E-state index in [4.69, 9.17) is 11.6 Å². The fourth-order valence-electron chi connectivity index (χ4n) is 2.79. The topological polar surface area (TPSA) is 30.7 Å². The highest BCUT2D eigenvalue weighted by Crippen LogP contribution is 2.48. The summed E-state index contributed by atoms with van der Waals surface area (Å²) < 4.78 is 2.27. The molecule has 1 aliphatic carbocycles. The molecule has 0 saturated heterocycles.